The predicted molar refractivity (Wildman–Crippen MR) is 87.4 cm³/mol. The molecule has 0 saturated heterocycles. The lowest BCUT2D eigenvalue weighted by Gasteiger charge is -2.11. The summed E-state index contributed by atoms with van der Waals surface area (Å²) >= 11 is 0. The largest absolute Gasteiger partial charge is 0.489 e. The summed E-state index contributed by atoms with van der Waals surface area (Å²) in [6.07, 6.45) is 0.328. The average Bonchev–Trinajstić information content (AvgIpc) is 2.53. The number of carbonyl (C=O) groups is 1. The summed E-state index contributed by atoms with van der Waals surface area (Å²) in [6.45, 7) is 3.65. The topological polar surface area (TPSA) is 69.4 Å². The normalized spacial score (nSPS) is 11.7. The molecular weight excluding hydrogens is 294 g/mol. The van der Waals surface area contributed by atoms with E-state index < -0.39 is 4.92 Å². The molecule has 0 saturated carbocycles. The molecule has 5 heteroatoms. The molecule has 2 aromatic carbocycles. The molecule has 0 aromatic heterocycles. The molecule has 0 radical (unpaired) electrons. The van der Waals surface area contributed by atoms with Gasteiger partial charge in [0, 0.05) is 17.5 Å². The first kappa shape index (κ1) is 16.7. The van der Waals surface area contributed by atoms with Gasteiger partial charge >= 0.3 is 0 Å². The summed E-state index contributed by atoms with van der Waals surface area (Å²) in [6, 6.07) is 14.3. The lowest BCUT2D eigenvalue weighted by Crippen LogP contribution is -2.11. The molecule has 0 fully saturated rings. The molecule has 23 heavy (non-hydrogen) atoms. The Morgan fingerprint density at radius 3 is 2.52 bits per heavy atom. The van der Waals surface area contributed by atoms with Crippen molar-refractivity contribution < 1.29 is 14.5 Å². The zero-order valence-electron chi connectivity index (χ0n) is 13.2. The van der Waals surface area contributed by atoms with E-state index in [0.29, 0.717) is 24.3 Å². The molecule has 1 unspecified atom stereocenters. The summed E-state index contributed by atoms with van der Waals surface area (Å²) < 4.78 is 5.70. The minimum atomic E-state index is -0.427. The molecule has 0 aliphatic rings. The number of hydrogen-bond donors (Lipinski definition) is 0. The summed E-state index contributed by atoms with van der Waals surface area (Å²) in [7, 11) is 0. The monoisotopic (exact) mass is 313 g/mol. The first-order valence-corrected chi connectivity index (χ1v) is 7.42. The Morgan fingerprint density at radius 2 is 1.91 bits per heavy atom. The van der Waals surface area contributed by atoms with Gasteiger partial charge in [-0.3, -0.25) is 14.9 Å². The molecule has 120 valence electrons. The maximum Gasteiger partial charge on any atom is 0.272 e. The van der Waals surface area contributed by atoms with Crippen molar-refractivity contribution in [3.05, 3.63) is 69.8 Å². The third-order valence-corrected chi connectivity index (χ3v) is 3.72. The fourth-order valence-corrected chi connectivity index (χ4v) is 2.21. The van der Waals surface area contributed by atoms with Gasteiger partial charge in [0.15, 0.2) is 0 Å². The fraction of sp³-hybridized carbons (Fsp3) is 0.278. The van der Waals surface area contributed by atoms with Crippen molar-refractivity contribution in [1.29, 1.82) is 0 Å². The highest BCUT2D eigenvalue weighted by Crippen LogP contribution is 2.27. The lowest BCUT2D eigenvalue weighted by atomic mass is 9.96. The molecule has 0 aliphatic heterocycles. The summed E-state index contributed by atoms with van der Waals surface area (Å²) in [5.74, 6) is 0.304. The SMILES string of the molecule is CC(=O)C(C)Cc1cc(OCc2ccccc2)ccc1[N+](=O)[O-]. The maximum atomic E-state index is 11.4. The van der Waals surface area contributed by atoms with Crippen LogP contribution in [0.4, 0.5) is 5.69 Å². The van der Waals surface area contributed by atoms with E-state index in [0.717, 1.165) is 5.56 Å². The second-order valence-electron chi connectivity index (χ2n) is 5.54. The fourth-order valence-electron chi connectivity index (χ4n) is 2.21. The van der Waals surface area contributed by atoms with E-state index in [9.17, 15) is 14.9 Å². The molecule has 0 heterocycles. The minimum Gasteiger partial charge on any atom is -0.489 e. The Bertz CT molecular complexity index is 697. The van der Waals surface area contributed by atoms with E-state index in [4.69, 9.17) is 4.74 Å². The first-order valence-electron chi connectivity index (χ1n) is 7.42. The highest BCUT2D eigenvalue weighted by atomic mass is 16.6. The first-order chi connectivity index (χ1) is 11.0. The van der Waals surface area contributed by atoms with E-state index in [2.05, 4.69) is 0 Å². The Morgan fingerprint density at radius 1 is 1.22 bits per heavy atom. The Labute approximate surface area is 135 Å². The van der Waals surface area contributed by atoms with Gasteiger partial charge in [-0.2, -0.15) is 0 Å². The number of nitro benzene ring substituents is 1. The van der Waals surface area contributed by atoms with Gasteiger partial charge in [0.05, 0.1) is 4.92 Å². The minimum absolute atomic E-state index is 0.00917. The second-order valence-corrected chi connectivity index (χ2v) is 5.54. The van der Waals surface area contributed by atoms with Gasteiger partial charge in [0.1, 0.15) is 18.1 Å². The summed E-state index contributed by atoms with van der Waals surface area (Å²) in [4.78, 5) is 22.1. The van der Waals surface area contributed by atoms with Gasteiger partial charge in [0.2, 0.25) is 0 Å². The molecule has 5 nitrogen and oxygen atoms in total. The van der Waals surface area contributed by atoms with Crippen LogP contribution in [0.5, 0.6) is 5.75 Å². The third kappa shape index (κ3) is 4.64. The molecule has 1 atom stereocenters. The van der Waals surface area contributed by atoms with Crippen LogP contribution in [0, 0.1) is 16.0 Å². The van der Waals surface area contributed by atoms with Crippen LogP contribution in [0.3, 0.4) is 0 Å². The van der Waals surface area contributed by atoms with Crippen LogP contribution in [-0.4, -0.2) is 10.7 Å². The Balaban J connectivity index is 2.18. The smallest absolute Gasteiger partial charge is 0.272 e. The van der Waals surface area contributed by atoms with Crippen molar-refractivity contribution in [2.24, 2.45) is 5.92 Å². The van der Waals surface area contributed by atoms with E-state index in [1.807, 2.05) is 30.3 Å². The number of benzene rings is 2. The molecule has 0 aliphatic carbocycles. The van der Waals surface area contributed by atoms with E-state index in [-0.39, 0.29) is 17.4 Å². The zero-order valence-corrected chi connectivity index (χ0v) is 13.2. The van der Waals surface area contributed by atoms with Gasteiger partial charge in [-0.05, 0) is 31.0 Å². The summed E-state index contributed by atoms with van der Waals surface area (Å²) in [5, 5.41) is 11.1. The van der Waals surface area contributed by atoms with E-state index >= 15 is 0 Å². The van der Waals surface area contributed by atoms with Crippen molar-refractivity contribution in [2.45, 2.75) is 26.9 Å². The number of ketones is 1. The second kappa shape index (κ2) is 7.54. The van der Waals surface area contributed by atoms with Crippen molar-refractivity contribution in [1.82, 2.24) is 0 Å². The van der Waals surface area contributed by atoms with Gasteiger partial charge in [-0.1, -0.05) is 37.3 Å². The van der Waals surface area contributed by atoms with Crippen LogP contribution in [0.15, 0.2) is 48.5 Å². The average molecular weight is 313 g/mol. The molecule has 0 spiro atoms. The quantitative estimate of drug-likeness (QED) is 0.573. The maximum absolute atomic E-state index is 11.4. The van der Waals surface area contributed by atoms with Gasteiger partial charge in [0.25, 0.3) is 5.69 Å². The number of Topliss-reactive ketones (excluding diaryl/α,β-unsaturated/α-hetero) is 1. The molecule has 0 N–H and O–H groups in total. The summed E-state index contributed by atoms with van der Waals surface area (Å²) in [5.41, 5.74) is 1.55. The van der Waals surface area contributed by atoms with Crippen LogP contribution in [0.25, 0.3) is 0 Å². The third-order valence-electron chi connectivity index (χ3n) is 3.72. The van der Waals surface area contributed by atoms with Gasteiger partial charge in [-0.25, -0.2) is 0 Å². The van der Waals surface area contributed by atoms with Crippen molar-refractivity contribution in [3.8, 4) is 5.75 Å². The molecule has 0 amide bonds. The van der Waals surface area contributed by atoms with Crippen LogP contribution < -0.4 is 4.74 Å². The number of rotatable bonds is 7. The number of nitro groups is 1. The van der Waals surface area contributed by atoms with Crippen molar-refractivity contribution >= 4 is 11.5 Å². The number of ether oxygens (including phenoxy) is 1. The lowest BCUT2D eigenvalue weighted by molar-refractivity contribution is -0.385. The van der Waals surface area contributed by atoms with Gasteiger partial charge in [-0.15, -0.1) is 0 Å². The standard InChI is InChI=1S/C18H19NO4/c1-13(14(2)20)10-16-11-17(8-9-18(16)19(21)22)23-12-15-6-4-3-5-7-15/h3-9,11,13H,10,12H2,1-2H3. The molecule has 2 rings (SSSR count). The highest BCUT2D eigenvalue weighted by molar-refractivity contribution is 5.78. The van der Waals surface area contributed by atoms with Crippen LogP contribution in [0.2, 0.25) is 0 Å². The zero-order chi connectivity index (χ0) is 16.8. The number of hydrogen-bond acceptors (Lipinski definition) is 4. The van der Waals surface area contributed by atoms with Crippen molar-refractivity contribution in [3.63, 3.8) is 0 Å². The Hall–Kier alpha value is -2.69. The van der Waals surface area contributed by atoms with Crippen LogP contribution in [-0.2, 0) is 17.8 Å². The van der Waals surface area contributed by atoms with Crippen LogP contribution in [0.1, 0.15) is 25.0 Å². The number of nitrogens with zero attached hydrogens (tertiary/aromatic N) is 1. The van der Waals surface area contributed by atoms with E-state index in [1.165, 1.54) is 13.0 Å². The number of carbonyl (C=O) groups excluding carboxylic acids is 1. The van der Waals surface area contributed by atoms with Crippen molar-refractivity contribution in [2.75, 3.05) is 0 Å². The Kier molecular flexibility index (Phi) is 5.46. The molecule has 2 aromatic rings. The highest BCUT2D eigenvalue weighted by Gasteiger charge is 2.19. The van der Waals surface area contributed by atoms with Gasteiger partial charge < -0.3 is 4.74 Å². The predicted octanol–water partition coefficient (Wildman–Crippen LogP) is 3.94. The molecular formula is C18H19NO4. The van der Waals surface area contributed by atoms with Crippen LogP contribution >= 0.6 is 0 Å². The van der Waals surface area contributed by atoms with E-state index in [1.54, 1.807) is 19.1 Å². The molecule has 0 bridgehead atoms.